The van der Waals surface area contributed by atoms with Crippen molar-refractivity contribution < 1.29 is 14.4 Å². The Bertz CT molecular complexity index is 933. The number of carbonyl (C=O) groups is 3. The molecule has 2 aliphatic rings. The number of para-hydroxylation sites is 1. The summed E-state index contributed by atoms with van der Waals surface area (Å²) in [5, 5.41) is 3.69. The maximum atomic E-state index is 13.0. The minimum Gasteiger partial charge on any atom is -0.346 e. The van der Waals surface area contributed by atoms with Gasteiger partial charge in [0.1, 0.15) is 6.54 Å². The van der Waals surface area contributed by atoms with Crippen LogP contribution >= 0.6 is 0 Å². The van der Waals surface area contributed by atoms with Crippen molar-refractivity contribution in [3.63, 3.8) is 0 Å². The number of nitrogens with zero attached hydrogens (tertiary/aromatic N) is 2. The molecule has 1 N–H and O–H groups in total. The zero-order valence-electron chi connectivity index (χ0n) is 18.3. The van der Waals surface area contributed by atoms with E-state index in [-0.39, 0.29) is 18.5 Å². The van der Waals surface area contributed by atoms with Crippen LogP contribution in [0.15, 0.2) is 30.5 Å². The van der Waals surface area contributed by atoms with Gasteiger partial charge in [-0.25, -0.2) is 0 Å². The van der Waals surface area contributed by atoms with E-state index in [0.29, 0.717) is 5.56 Å². The number of likely N-dealkylation sites (tertiary alicyclic amines) is 1. The van der Waals surface area contributed by atoms with Crippen LogP contribution in [-0.4, -0.2) is 46.2 Å². The van der Waals surface area contributed by atoms with Gasteiger partial charge >= 0.3 is 0 Å². The number of carbonyl (C=O) groups excluding carboxylic acids is 3. The molecular weight excluding hydrogens is 390 g/mol. The van der Waals surface area contributed by atoms with Crippen molar-refractivity contribution >= 4 is 28.5 Å². The number of aromatic nitrogens is 1. The van der Waals surface area contributed by atoms with E-state index >= 15 is 0 Å². The second kappa shape index (κ2) is 10.1. The first-order valence-electron chi connectivity index (χ1n) is 11.8. The average Bonchev–Trinajstić information content (AvgIpc) is 3.01. The lowest BCUT2D eigenvalue weighted by molar-refractivity contribution is -0.131. The Morgan fingerprint density at radius 3 is 2.23 bits per heavy atom. The molecule has 2 amide bonds. The predicted octanol–water partition coefficient (Wildman–Crippen LogP) is 4.07. The lowest BCUT2D eigenvalue weighted by atomic mass is 10.1. The quantitative estimate of drug-likeness (QED) is 0.448. The molecule has 2 heterocycles. The summed E-state index contributed by atoms with van der Waals surface area (Å²) in [4.78, 5) is 40.6. The van der Waals surface area contributed by atoms with E-state index in [1.807, 2.05) is 33.7 Å². The zero-order valence-corrected chi connectivity index (χ0v) is 18.3. The van der Waals surface area contributed by atoms with Gasteiger partial charge in [-0.2, -0.15) is 0 Å². The Labute approximate surface area is 184 Å². The summed E-state index contributed by atoms with van der Waals surface area (Å²) in [5.74, 6) is -0.973. The van der Waals surface area contributed by atoms with E-state index < -0.39 is 11.7 Å². The predicted molar refractivity (Wildman–Crippen MR) is 121 cm³/mol. The van der Waals surface area contributed by atoms with Crippen molar-refractivity contribution in [3.05, 3.63) is 36.0 Å². The zero-order chi connectivity index (χ0) is 21.6. The van der Waals surface area contributed by atoms with E-state index in [0.717, 1.165) is 62.5 Å². The summed E-state index contributed by atoms with van der Waals surface area (Å²) in [7, 11) is 0. The molecular formula is C25H33N3O3. The van der Waals surface area contributed by atoms with Gasteiger partial charge in [0.15, 0.2) is 0 Å². The van der Waals surface area contributed by atoms with Crippen LogP contribution in [0.2, 0.25) is 0 Å². The highest BCUT2D eigenvalue weighted by Gasteiger charge is 2.25. The Kier molecular flexibility index (Phi) is 7.05. The van der Waals surface area contributed by atoms with Gasteiger partial charge in [-0.3, -0.25) is 14.4 Å². The maximum Gasteiger partial charge on any atom is 0.292 e. The van der Waals surface area contributed by atoms with Crippen molar-refractivity contribution in [2.45, 2.75) is 76.8 Å². The molecule has 6 heteroatoms. The first-order chi connectivity index (χ1) is 15.1. The van der Waals surface area contributed by atoms with E-state index in [1.165, 1.54) is 25.7 Å². The summed E-state index contributed by atoms with van der Waals surface area (Å²) in [5.41, 5.74) is 1.20. The molecule has 4 rings (SSSR count). The monoisotopic (exact) mass is 423 g/mol. The third-order valence-electron chi connectivity index (χ3n) is 6.69. The summed E-state index contributed by atoms with van der Waals surface area (Å²) in [6, 6.07) is 7.61. The Morgan fingerprint density at radius 1 is 0.871 bits per heavy atom. The largest absolute Gasteiger partial charge is 0.346 e. The van der Waals surface area contributed by atoms with Crippen LogP contribution in [0.4, 0.5) is 0 Å². The molecule has 1 aromatic carbocycles. The van der Waals surface area contributed by atoms with Gasteiger partial charge in [-0.05, 0) is 31.7 Å². The van der Waals surface area contributed by atoms with E-state index in [1.54, 1.807) is 6.20 Å². The number of amides is 2. The Balaban J connectivity index is 1.52. The topological polar surface area (TPSA) is 71.4 Å². The van der Waals surface area contributed by atoms with Crippen LogP contribution in [0.5, 0.6) is 0 Å². The van der Waals surface area contributed by atoms with Crippen LogP contribution in [-0.2, 0) is 16.1 Å². The fraction of sp³-hybridized carbons (Fsp3) is 0.560. The second-order valence-corrected chi connectivity index (χ2v) is 8.97. The van der Waals surface area contributed by atoms with Crippen LogP contribution in [0.1, 0.15) is 74.6 Å². The molecule has 0 bridgehead atoms. The molecule has 0 radical (unpaired) electrons. The third kappa shape index (κ3) is 5.17. The van der Waals surface area contributed by atoms with Crippen molar-refractivity contribution in [2.24, 2.45) is 0 Å². The van der Waals surface area contributed by atoms with Crippen LogP contribution < -0.4 is 5.32 Å². The first-order valence-corrected chi connectivity index (χ1v) is 11.8. The molecule has 0 unspecified atom stereocenters. The maximum absolute atomic E-state index is 13.0. The summed E-state index contributed by atoms with van der Waals surface area (Å²) in [6.07, 6.45) is 12.6. The molecule has 31 heavy (non-hydrogen) atoms. The number of ketones is 1. The molecule has 2 aromatic rings. The van der Waals surface area contributed by atoms with E-state index in [2.05, 4.69) is 5.32 Å². The summed E-state index contributed by atoms with van der Waals surface area (Å²) >= 11 is 0. The first kappa shape index (κ1) is 21.6. The number of nitrogens with one attached hydrogen (secondary N) is 1. The van der Waals surface area contributed by atoms with Crippen molar-refractivity contribution in [3.8, 4) is 0 Å². The van der Waals surface area contributed by atoms with E-state index in [9.17, 15) is 14.4 Å². The van der Waals surface area contributed by atoms with Crippen molar-refractivity contribution in [2.75, 3.05) is 13.1 Å². The molecule has 1 aliphatic heterocycles. The summed E-state index contributed by atoms with van der Waals surface area (Å²) in [6.45, 7) is 1.79. The molecule has 166 valence electrons. The van der Waals surface area contributed by atoms with Gasteiger partial charge in [-0.1, -0.05) is 56.7 Å². The molecule has 1 aliphatic carbocycles. The average molecular weight is 424 g/mol. The van der Waals surface area contributed by atoms with Gasteiger partial charge in [-0.15, -0.1) is 0 Å². The van der Waals surface area contributed by atoms with Crippen molar-refractivity contribution in [1.29, 1.82) is 0 Å². The van der Waals surface area contributed by atoms with Crippen LogP contribution in [0, 0.1) is 0 Å². The number of hydrogen-bond donors (Lipinski definition) is 1. The molecule has 0 spiro atoms. The summed E-state index contributed by atoms with van der Waals surface area (Å²) < 4.78 is 1.83. The van der Waals surface area contributed by atoms with Gasteiger partial charge < -0.3 is 14.8 Å². The number of fused-ring (bicyclic) bond motifs is 1. The minimum atomic E-state index is -0.534. The van der Waals surface area contributed by atoms with Crippen LogP contribution in [0.25, 0.3) is 10.9 Å². The normalized spacial score (nSPS) is 18.4. The standard InChI is InChI=1S/C25H33N3O3/c29-23(27-15-9-3-4-10-16-27)18-28-17-21(20-13-7-8-14-22(20)28)24(30)25(31)26-19-11-5-1-2-6-12-19/h7-8,13-14,17,19H,1-6,9-12,15-16,18H2,(H,26,31). The second-order valence-electron chi connectivity index (χ2n) is 8.97. The fourth-order valence-electron chi connectivity index (χ4n) is 4.92. The Hall–Kier alpha value is -2.63. The van der Waals surface area contributed by atoms with Crippen molar-refractivity contribution in [1.82, 2.24) is 14.8 Å². The number of benzene rings is 1. The lowest BCUT2D eigenvalue weighted by Crippen LogP contribution is -2.39. The lowest BCUT2D eigenvalue weighted by Gasteiger charge is -2.20. The molecule has 6 nitrogen and oxygen atoms in total. The Morgan fingerprint density at radius 2 is 1.52 bits per heavy atom. The molecule has 2 fully saturated rings. The molecule has 1 aromatic heterocycles. The van der Waals surface area contributed by atoms with E-state index in [4.69, 9.17) is 0 Å². The van der Waals surface area contributed by atoms with Crippen LogP contribution in [0.3, 0.4) is 0 Å². The SMILES string of the molecule is O=C(NC1CCCCCC1)C(=O)c1cn(CC(=O)N2CCCCCC2)c2ccccc12. The smallest absolute Gasteiger partial charge is 0.292 e. The molecule has 0 atom stereocenters. The highest BCUT2D eigenvalue weighted by molar-refractivity contribution is 6.45. The fourth-order valence-corrected chi connectivity index (χ4v) is 4.92. The van der Waals surface area contributed by atoms with Gasteiger partial charge in [0.05, 0.1) is 5.56 Å². The van der Waals surface area contributed by atoms with Gasteiger partial charge in [0.25, 0.3) is 11.7 Å². The third-order valence-corrected chi connectivity index (χ3v) is 6.69. The highest BCUT2D eigenvalue weighted by atomic mass is 16.2. The number of rotatable bonds is 5. The number of Topliss-reactive ketones (excluding diaryl/α,β-unsaturated/α-hetero) is 1. The van der Waals surface area contributed by atoms with Gasteiger partial charge in [0, 0.05) is 36.2 Å². The molecule has 1 saturated heterocycles. The van der Waals surface area contributed by atoms with Gasteiger partial charge in [0.2, 0.25) is 5.91 Å². The highest BCUT2D eigenvalue weighted by Crippen LogP contribution is 2.23. The number of hydrogen-bond acceptors (Lipinski definition) is 3. The minimum absolute atomic E-state index is 0.0737. The molecule has 1 saturated carbocycles.